The first kappa shape index (κ1) is 19.1. The zero-order valence-corrected chi connectivity index (χ0v) is 16.3. The highest BCUT2D eigenvalue weighted by molar-refractivity contribution is 5.89. The Kier molecular flexibility index (Phi) is 5.35. The molecule has 0 fully saturated rings. The third-order valence-electron chi connectivity index (χ3n) is 4.82. The number of ether oxygens (including phenoxy) is 1. The molecule has 27 heavy (non-hydrogen) atoms. The molecule has 1 heterocycles. The van der Waals surface area contributed by atoms with Gasteiger partial charge in [-0.25, -0.2) is 9.78 Å². The molecule has 1 aliphatic rings. The van der Waals surface area contributed by atoms with Gasteiger partial charge in [0.15, 0.2) is 0 Å². The number of carbonyl (C=O) groups is 1. The number of nitrogen functional groups attached to an aromatic ring is 2. The monoisotopic (exact) mass is 368 g/mol. The van der Waals surface area contributed by atoms with Crippen molar-refractivity contribution in [2.45, 2.75) is 64.4 Å². The summed E-state index contributed by atoms with van der Waals surface area (Å²) < 4.78 is 5.39. The van der Waals surface area contributed by atoms with Crippen molar-refractivity contribution in [1.29, 1.82) is 0 Å². The van der Waals surface area contributed by atoms with E-state index >= 15 is 0 Å². The summed E-state index contributed by atoms with van der Waals surface area (Å²) in [5.74, 6) is 0.909. The van der Waals surface area contributed by atoms with Crippen molar-refractivity contribution in [2.75, 3.05) is 11.5 Å². The van der Waals surface area contributed by atoms with Crippen molar-refractivity contribution in [1.82, 2.24) is 9.97 Å². The summed E-state index contributed by atoms with van der Waals surface area (Å²) in [6, 6.07) is 7.67. The molecule has 0 bridgehead atoms. The van der Waals surface area contributed by atoms with Gasteiger partial charge >= 0.3 is 5.97 Å². The lowest BCUT2D eigenvalue weighted by molar-refractivity contribution is 0.00695. The molecule has 4 N–H and O–H groups in total. The van der Waals surface area contributed by atoms with Gasteiger partial charge < -0.3 is 16.2 Å². The molecular formula is C21H28N4O2. The number of nitrogens with two attached hydrogens (primary N) is 2. The number of aromatic nitrogens is 2. The summed E-state index contributed by atoms with van der Waals surface area (Å²) in [5, 5.41) is 0. The SMILES string of the molecule is CC(C)(C)OC(=O)c1ccc(CCCC2CCc3nc(N)nc(N)c32)cc1. The fourth-order valence-corrected chi connectivity index (χ4v) is 3.63. The van der Waals surface area contributed by atoms with Gasteiger partial charge in [0.2, 0.25) is 5.95 Å². The third-order valence-corrected chi connectivity index (χ3v) is 4.82. The Labute approximate surface area is 160 Å². The second-order valence-electron chi connectivity index (χ2n) is 8.15. The predicted octanol–water partition coefficient (Wildman–Crippen LogP) is 3.65. The second-order valence-corrected chi connectivity index (χ2v) is 8.15. The van der Waals surface area contributed by atoms with E-state index in [0.717, 1.165) is 43.4 Å². The topological polar surface area (TPSA) is 104 Å². The molecule has 1 aliphatic carbocycles. The highest BCUT2D eigenvalue weighted by atomic mass is 16.6. The van der Waals surface area contributed by atoms with Crippen molar-refractivity contribution in [2.24, 2.45) is 0 Å². The van der Waals surface area contributed by atoms with Gasteiger partial charge in [-0.2, -0.15) is 4.98 Å². The quantitative estimate of drug-likeness (QED) is 0.781. The third kappa shape index (κ3) is 4.76. The van der Waals surface area contributed by atoms with Gasteiger partial charge in [0.05, 0.1) is 11.3 Å². The van der Waals surface area contributed by atoms with Crippen LogP contribution in [0.3, 0.4) is 0 Å². The van der Waals surface area contributed by atoms with Crippen LogP contribution in [0.2, 0.25) is 0 Å². The van der Waals surface area contributed by atoms with Crippen molar-refractivity contribution in [3.63, 3.8) is 0 Å². The molecule has 1 aromatic carbocycles. The largest absolute Gasteiger partial charge is 0.456 e. The molecule has 1 atom stereocenters. The van der Waals surface area contributed by atoms with Crippen molar-refractivity contribution in [3.05, 3.63) is 46.6 Å². The van der Waals surface area contributed by atoms with Crippen LogP contribution in [-0.2, 0) is 17.6 Å². The summed E-state index contributed by atoms with van der Waals surface area (Å²) in [5.41, 5.74) is 15.2. The van der Waals surface area contributed by atoms with Crippen molar-refractivity contribution in [3.8, 4) is 0 Å². The minimum atomic E-state index is -0.483. The molecule has 0 radical (unpaired) electrons. The normalized spacial score (nSPS) is 16.2. The number of anilines is 2. The summed E-state index contributed by atoms with van der Waals surface area (Å²) in [6.07, 6.45) is 5.00. The zero-order chi connectivity index (χ0) is 19.6. The fourth-order valence-electron chi connectivity index (χ4n) is 3.63. The van der Waals surface area contributed by atoms with Gasteiger partial charge in [0.25, 0.3) is 0 Å². The highest BCUT2D eigenvalue weighted by Gasteiger charge is 2.27. The Morgan fingerprint density at radius 2 is 1.89 bits per heavy atom. The molecule has 0 saturated heterocycles. The standard InChI is InChI=1S/C21H28N4O2/c1-21(2,3)27-19(26)15-9-7-13(8-10-15)5-4-6-14-11-12-16-17(14)18(22)25-20(23)24-16/h7-10,14H,4-6,11-12H2,1-3H3,(H4,22,23,24,25). The summed E-state index contributed by atoms with van der Waals surface area (Å²) in [4.78, 5) is 20.5. The molecule has 0 spiro atoms. The lowest BCUT2D eigenvalue weighted by atomic mass is 9.94. The predicted molar refractivity (Wildman–Crippen MR) is 106 cm³/mol. The minimum Gasteiger partial charge on any atom is -0.456 e. The summed E-state index contributed by atoms with van der Waals surface area (Å²) in [7, 11) is 0. The minimum absolute atomic E-state index is 0.261. The molecule has 0 aliphatic heterocycles. The Balaban J connectivity index is 1.54. The number of hydrogen-bond acceptors (Lipinski definition) is 6. The van der Waals surface area contributed by atoms with Crippen LogP contribution in [-0.4, -0.2) is 21.5 Å². The molecule has 1 unspecified atom stereocenters. The molecule has 6 heteroatoms. The molecule has 0 saturated carbocycles. The number of aryl methyl sites for hydroxylation is 2. The average Bonchev–Trinajstić information content (AvgIpc) is 2.97. The number of hydrogen-bond donors (Lipinski definition) is 2. The molecule has 0 amide bonds. The molecule has 2 aromatic rings. The van der Waals surface area contributed by atoms with Crippen LogP contribution in [0.5, 0.6) is 0 Å². The Morgan fingerprint density at radius 1 is 1.19 bits per heavy atom. The maximum Gasteiger partial charge on any atom is 0.338 e. The number of nitrogens with zero attached hydrogens (tertiary/aromatic N) is 2. The molecular weight excluding hydrogens is 340 g/mol. The fraction of sp³-hybridized carbons (Fsp3) is 0.476. The molecule has 1 aromatic heterocycles. The van der Waals surface area contributed by atoms with E-state index in [0.29, 0.717) is 17.3 Å². The zero-order valence-electron chi connectivity index (χ0n) is 16.3. The van der Waals surface area contributed by atoms with E-state index in [1.54, 1.807) is 0 Å². The second kappa shape index (κ2) is 7.55. The van der Waals surface area contributed by atoms with Crippen LogP contribution in [0.25, 0.3) is 0 Å². The first-order chi connectivity index (χ1) is 12.7. The number of carbonyl (C=O) groups excluding carboxylic acids is 1. The van der Waals surface area contributed by atoms with Gasteiger partial charge in [0.1, 0.15) is 11.4 Å². The van der Waals surface area contributed by atoms with Crippen LogP contribution in [0, 0.1) is 0 Å². The number of esters is 1. The van der Waals surface area contributed by atoms with E-state index in [1.165, 1.54) is 5.56 Å². The lowest BCUT2D eigenvalue weighted by Gasteiger charge is -2.19. The Bertz CT molecular complexity index is 825. The van der Waals surface area contributed by atoms with Crippen LogP contribution in [0.1, 0.15) is 73.1 Å². The molecule has 3 rings (SSSR count). The summed E-state index contributed by atoms with van der Waals surface area (Å²) >= 11 is 0. The van der Waals surface area contributed by atoms with E-state index in [9.17, 15) is 4.79 Å². The van der Waals surface area contributed by atoms with Crippen LogP contribution >= 0.6 is 0 Å². The first-order valence-electron chi connectivity index (χ1n) is 9.47. The average molecular weight is 368 g/mol. The number of fused-ring (bicyclic) bond motifs is 1. The van der Waals surface area contributed by atoms with Gasteiger partial charge in [-0.1, -0.05) is 12.1 Å². The van der Waals surface area contributed by atoms with Crippen molar-refractivity contribution >= 4 is 17.7 Å². The van der Waals surface area contributed by atoms with E-state index < -0.39 is 5.60 Å². The van der Waals surface area contributed by atoms with Gasteiger partial charge in [-0.3, -0.25) is 0 Å². The molecule has 144 valence electrons. The molecule has 6 nitrogen and oxygen atoms in total. The first-order valence-corrected chi connectivity index (χ1v) is 9.47. The number of rotatable bonds is 5. The maximum absolute atomic E-state index is 12.1. The highest BCUT2D eigenvalue weighted by Crippen LogP contribution is 2.38. The van der Waals surface area contributed by atoms with Gasteiger partial charge in [-0.15, -0.1) is 0 Å². The van der Waals surface area contributed by atoms with E-state index in [-0.39, 0.29) is 11.9 Å². The van der Waals surface area contributed by atoms with Crippen LogP contribution in [0.15, 0.2) is 24.3 Å². The Morgan fingerprint density at radius 3 is 2.56 bits per heavy atom. The van der Waals surface area contributed by atoms with E-state index in [2.05, 4.69) is 9.97 Å². The number of benzene rings is 1. The lowest BCUT2D eigenvalue weighted by Crippen LogP contribution is -2.23. The van der Waals surface area contributed by atoms with Crippen LogP contribution < -0.4 is 11.5 Å². The summed E-state index contributed by atoms with van der Waals surface area (Å²) in [6.45, 7) is 5.60. The maximum atomic E-state index is 12.1. The van der Waals surface area contributed by atoms with E-state index in [1.807, 2.05) is 45.0 Å². The van der Waals surface area contributed by atoms with Crippen molar-refractivity contribution < 1.29 is 9.53 Å². The van der Waals surface area contributed by atoms with Gasteiger partial charge in [0, 0.05) is 5.56 Å². The van der Waals surface area contributed by atoms with E-state index in [4.69, 9.17) is 16.2 Å². The smallest absolute Gasteiger partial charge is 0.338 e. The van der Waals surface area contributed by atoms with Gasteiger partial charge in [-0.05, 0) is 76.5 Å². The van der Waals surface area contributed by atoms with Crippen LogP contribution in [0.4, 0.5) is 11.8 Å². The Hall–Kier alpha value is -2.63.